The second-order valence-corrected chi connectivity index (χ2v) is 3.28. The fourth-order valence-electron chi connectivity index (χ4n) is 1.25. The van der Waals surface area contributed by atoms with Gasteiger partial charge >= 0.3 is 5.97 Å². The van der Waals surface area contributed by atoms with Gasteiger partial charge in [0, 0.05) is 13.9 Å². The van der Waals surface area contributed by atoms with E-state index in [2.05, 4.69) is 10.3 Å². The molecular weight excluding hydrogens is 216 g/mol. The van der Waals surface area contributed by atoms with Gasteiger partial charge in [0.15, 0.2) is 0 Å². The van der Waals surface area contributed by atoms with Crippen molar-refractivity contribution in [2.45, 2.75) is 6.61 Å². The molecule has 0 N–H and O–H groups in total. The fourth-order valence-corrected chi connectivity index (χ4v) is 1.25. The molecule has 0 saturated carbocycles. The molecule has 0 amide bonds. The van der Waals surface area contributed by atoms with Crippen LogP contribution in [-0.2, 0) is 11.3 Å². The Kier molecular flexibility index (Phi) is 3.59. The number of carbonyl (C=O) groups excluding carboxylic acids is 1. The third-order valence-electron chi connectivity index (χ3n) is 2.07. The van der Waals surface area contributed by atoms with Gasteiger partial charge in [0.2, 0.25) is 7.31 Å². The Hall–Kier alpha value is -2.04. The third-order valence-corrected chi connectivity index (χ3v) is 2.07. The fraction of sp³-hybridized carbons (Fsp3) is 0.100. The van der Waals surface area contributed by atoms with Crippen LogP contribution in [0.1, 0.15) is 16.1 Å². The lowest BCUT2D eigenvalue weighted by molar-refractivity contribution is 0.0467. The smallest absolute Gasteiger partial charge is 0.338 e. The molecular formula is C10H8B2N3O2. The molecule has 0 unspecified atom stereocenters. The second kappa shape index (κ2) is 5.34. The maximum Gasteiger partial charge on any atom is 0.338 e. The van der Waals surface area contributed by atoms with Crippen molar-refractivity contribution >= 4 is 21.0 Å². The summed E-state index contributed by atoms with van der Waals surface area (Å²) >= 11 is 0. The Labute approximate surface area is 100 Å². The predicted octanol–water partition coefficient (Wildman–Crippen LogP) is 0.186. The maximum absolute atomic E-state index is 11.6. The van der Waals surface area contributed by atoms with E-state index in [0.717, 1.165) is 0 Å². The number of carbonyl (C=O) groups is 1. The van der Waals surface area contributed by atoms with E-state index in [9.17, 15) is 4.79 Å². The first-order valence-corrected chi connectivity index (χ1v) is 4.97. The van der Waals surface area contributed by atoms with Gasteiger partial charge in [0.05, 0.1) is 5.56 Å². The number of ether oxygens (including phenoxy) is 1. The number of rotatable bonds is 4. The van der Waals surface area contributed by atoms with E-state index in [4.69, 9.17) is 12.5 Å². The van der Waals surface area contributed by atoms with Crippen LogP contribution in [0.2, 0.25) is 0 Å². The van der Waals surface area contributed by atoms with E-state index in [1.165, 1.54) is 11.9 Å². The van der Waals surface area contributed by atoms with Crippen LogP contribution in [0.15, 0.2) is 36.5 Å². The maximum atomic E-state index is 11.6. The van der Waals surface area contributed by atoms with E-state index in [1.54, 1.807) is 30.5 Å². The van der Waals surface area contributed by atoms with Crippen molar-refractivity contribution in [1.82, 2.24) is 14.9 Å². The Morgan fingerprint density at radius 1 is 1.41 bits per heavy atom. The molecule has 1 aromatic heterocycles. The highest BCUT2D eigenvalue weighted by Gasteiger charge is 2.07. The second-order valence-electron chi connectivity index (χ2n) is 3.28. The van der Waals surface area contributed by atoms with Crippen LogP contribution in [0.5, 0.6) is 0 Å². The minimum absolute atomic E-state index is 0.0710. The van der Waals surface area contributed by atoms with E-state index in [0.29, 0.717) is 11.3 Å². The highest BCUT2D eigenvalue weighted by molar-refractivity contribution is 6.88. The molecule has 0 fully saturated rings. The number of hydrogen-bond donors (Lipinski definition) is 0. The van der Waals surface area contributed by atoms with Gasteiger partial charge in [-0.15, -0.1) is 5.10 Å². The molecule has 81 valence electrons. The first kappa shape index (κ1) is 11.4. The lowest BCUT2D eigenvalue weighted by Crippen LogP contribution is -2.06. The van der Waals surface area contributed by atoms with Crippen LogP contribution in [0.3, 0.4) is 0 Å². The van der Waals surface area contributed by atoms with Crippen molar-refractivity contribution in [3.05, 3.63) is 47.8 Å². The van der Waals surface area contributed by atoms with Crippen LogP contribution < -0.4 is 0 Å². The average molecular weight is 224 g/mol. The Morgan fingerprint density at radius 2 is 2.18 bits per heavy atom. The van der Waals surface area contributed by atoms with Gasteiger partial charge in [-0.1, -0.05) is 23.4 Å². The van der Waals surface area contributed by atoms with E-state index in [1.807, 2.05) is 6.07 Å². The predicted molar refractivity (Wildman–Crippen MR) is 62.5 cm³/mol. The summed E-state index contributed by atoms with van der Waals surface area (Å²) in [5.74, 6) is -0.392. The number of aromatic nitrogens is 3. The van der Waals surface area contributed by atoms with Crippen LogP contribution in [0, 0.1) is 0 Å². The highest BCUT2D eigenvalue weighted by Crippen LogP contribution is 2.03. The summed E-state index contributed by atoms with van der Waals surface area (Å²) in [4.78, 5) is 11.6. The molecule has 17 heavy (non-hydrogen) atoms. The monoisotopic (exact) mass is 224 g/mol. The molecule has 1 aromatic carbocycles. The Morgan fingerprint density at radius 3 is 2.82 bits per heavy atom. The zero-order chi connectivity index (χ0) is 12.1. The van der Waals surface area contributed by atoms with Crippen molar-refractivity contribution in [2.75, 3.05) is 0 Å². The zero-order valence-corrected chi connectivity index (χ0v) is 8.98. The molecule has 0 bridgehead atoms. The average Bonchev–Trinajstić information content (AvgIpc) is 2.85. The van der Waals surface area contributed by atoms with Crippen LogP contribution in [0.25, 0.3) is 0 Å². The van der Waals surface area contributed by atoms with Crippen molar-refractivity contribution in [2.24, 2.45) is 0 Å². The van der Waals surface area contributed by atoms with Gasteiger partial charge in [0.1, 0.15) is 12.3 Å². The molecule has 2 aromatic rings. The first-order valence-electron chi connectivity index (χ1n) is 4.97. The van der Waals surface area contributed by atoms with Gasteiger partial charge in [-0.3, -0.25) is 0 Å². The molecule has 2 rings (SSSR count). The summed E-state index contributed by atoms with van der Waals surface area (Å²) in [6.45, 7) is 0.0710. The van der Waals surface area contributed by atoms with Crippen molar-refractivity contribution in [3.63, 3.8) is 0 Å². The quantitative estimate of drug-likeness (QED) is 0.549. The van der Waals surface area contributed by atoms with Gasteiger partial charge in [0.25, 0.3) is 0 Å². The minimum Gasteiger partial charge on any atom is -0.455 e. The summed E-state index contributed by atoms with van der Waals surface area (Å²) in [7, 11) is 6.50. The highest BCUT2D eigenvalue weighted by atomic mass is 16.5. The van der Waals surface area contributed by atoms with Crippen molar-refractivity contribution < 1.29 is 9.53 Å². The van der Waals surface area contributed by atoms with Crippen LogP contribution in [-0.4, -0.2) is 35.9 Å². The lowest BCUT2D eigenvalue weighted by atomic mass is 9.67. The lowest BCUT2D eigenvalue weighted by Gasteiger charge is -2.01. The summed E-state index contributed by atoms with van der Waals surface area (Å²) in [5.41, 5.74) is 1.04. The Bertz CT molecular complexity index is 501. The first-order chi connectivity index (χ1) is 8.29. The van der Waals surface area contributed by atoms with Crippen molar-refractivity contribution in [1.29, 1.82) is 0 Å². The number of nitrogens with zero attached hydrogens (tertiary/aromatic N) is 3. The molecule has 7 heteroatoms. The van der Waals surface area contributed by atoms with Gasteiger partial charge in [-0.2, -0.15) is 0 Å². The molecule has 5 nitrogen and oxygen atoms in total. The molecule has 0 aliphatic carbocycles. The molecule has 1 heterocycles. The van der Waals surface area contributed by atoms with E-state index < -0.39 is 5.97 Å². The summed E-state index contributed by atoms with van der Waals surface area (Å²) in [5, 5.41) is 7.46. The molecule has 0 atom stereocenters. The molecule has 0 saturated heterocycles. The van der Waals surface area contributed by atoms with Crippen LogP contribution >= 0.6 is 0 Å². The summed E-state index contributed by atoms with van der Waals surface area (Å²) < 4.78 is 6.40. The van der Waals surface area contributed by atoms with E-state index >= 15 is 0 Å². The Balaban J connectivity index is 1.92. The van der Waals surface area contributed by atoms with Crippen LogP contribution in [0.4, 0.5) is 0 Å². The zero-order valence-electron chi connectivity index (χ0n) is 8.98. The molecule has 0 spiro atoms. The minimum atomic E-state index is -0.392. The summed E-state index contributed by atoms with van der Waals surface area (Å²) in [6, 6.07) is 8.76. The standard InChI is InChI=1S/C10H8B2N3O2/c11-12-15-6-9(13-14-15)7-17-10(16)8-4-2-1-3-5-8/h1-6H,7H2. The molecule has 3 radical (unpaired) electrons. The molecule has 0 aliphatic heterocycles. The van der Waals surface area contributed by atoms with Crippen molar-refractivity contribution in [3.8, 4) is 0 Å². The largest absolute Gasteiger partial charge is 0.455 e. The molecule has 0 aliphatic rings. The summed E-state index contributed by atoms with van der Waals surface area (Å²) in [6.07, 6.45) is 1.58. The van der Waals surface area contributed by atoms with Gasteiger partial charge in [-0.25, -0.2) is 4.79 Å². The topological polar surface area (TPSA) is 57.0 Å². The number of benzene rings is 1. The van der Waals surface area contributed by atoms with Gasteiger partial charge < -0.3 is 9.33 Å². The normalized spacial score (nSPS) is 9.88. The number of esters is 1. The third kappa shape index (κ3) is 2.96. The number of hydrogen-bond acceptors (Lipinski definition) is 4. The van der Waals surface area contributed by atoms with E-state index in [-0.39, 0.29) is 6.61 Å². The SMILES string of the molecule is [B][B]n1cc(COC(=O)c2ccccc2)nn1. The van der Waals surface area contributed by atoms with Gasteiger partial charge in [-0.05, 0) is 12.1 Å².